The number of alkyl halides is 3. The van der Waals surface area contributed by atoms with E-state index in [4.69, 9.17) is 9.47 Å². The summed E-state index contributed by atoms with van der Waals surface area (Å²) < 4.78 is 51.7. The summed E-state index contributed by atoms with van der Waals surface area (Å²) in [6.07, 6.45) is -2.92. The highest BCUT2D eigenvalue weighted by Gasteiger charge is 2.43. The summed E-state index contributed by atoms with van der Waals surface area (Å²) in [5, 5.41) is 0. The van der Waals surface area contributed by atoms with E-state index in [0.29, 0.717) is 18.8 Å². The first-order valence-corrected chi connectivity index (χ1v) is 11.6. The molecule has 1 aromatic rings. The standard InChI is InChI=1S/C23H34F3N3O6/c1-7-13(2)14(3)16-8-9-17(34-16)29-11-15(19(31)27-21(29)33)10-28(20(32)23(24,25)26)12-18(30)35-22(4,5)6/h11,13-14,16-17H,7-10,12H2,1-6H3,(H,27,31,33)/t13?,14?,16?,17-/m1/s1. The van der Waals surface area contributed by atoms with E-state index in [0.717, 1.165) is 17.2 Å². The highest BCUT2D eigenvalue weighted by atomic mass is 19.4. The molecule has 0 radical (unpaired) electrons. The minimum absolute atomic E-state index is 0.118. The van der Waals surface area contributed by atoms with Crippen LogP contribution in [0.5, 0.6) is 0 Å². The molecule has 0 spiro atoms. The number of rotatable bonds is 8. The molecule has 198 valence electrons. The topological polar surface area (TPSA) is 111 Å². The largest absolute Gasteiger partial charge is 0.471 e. The van der Waals surface area contributed by atoms with Gasteiger partial charge >= 0.3 is 23.7 Å². The maximum absolute atomic E-state index is 13.2. The first-order chi connectivity index (χ1) is 16.0. The Bertz CT molecular complexity index is 1030. The summed E-state index contributed by atoms with van der Waals surface area (Å²) in [7, 11) is 0. The van der Waals surface area contributed by atoms with Crippen LogP contribution in [0.1, 0.15) is 72.6 Å². The van der Waals surface area contributed by atoms with Gasteiger partial charge in [-0.2, -0.15) is 13.2 Å². The van der Waals surface area contributed by atoms with Crippen LogP contribution in [0.3, 0.4) is 0 Å². The van der Waals surface area contributed by atoms with Crippen molar-refractivity contribution in [2.75, 3.05) is 6.54 Å². The molecule has 1 N–H and O–H groups in total. The third-order valence-electron chi connectivity index (χ3n) is 6.14. The zero-order valence-electron chi connectivity index (χ0n) is 20.9. The molecule has 35 heavy (non-hydrogen) atoms. The number of halogens is 3. The molecule has 9 nitrogen and oxygen atoms in total. The van der Waals surface area contributed by atoms with Gasteiger partial charge in [0.2, 0.25) is 0 Å². The lowest BCUT2D eigenvalue weighted by atomic mass is 9.88. The summed E-state index contributed by atoms with van der Waals surface area (Å²) in [6.45, 7) is 8.92. The van der Waals surface area contributed by atoms with Crippen molar-refractivity contribution >= 4 is 11.9 Å². The van der Waals surface area contributed by atoms with Gasteiger partial charge in [0.1, 0.15) is 18.4 Å². The van der Waals surface area contributed by atoms with Crippen LogP contribution >= 0.6 is 0 Å². The van der Waals surface area contributed by atoms with Crippen molar-refractivity contribution in [2.45, 2.75) is 91.5 Å². The van der Waals surface area contributed by atoms with Crippen LogP contribution in [0, 0.1) is 11.8 Å². The van der Waals surface area contributed by atoms with Gasteiger partial charge in [0.25, 0.3) is 5.56 Å². The fourth-order valence-corrected chi connectivity index (χ4v) is 3.94. The predicted octanol–water partition coefficient (Wildman–Crippen LogP) is 3.13. The number of carbonyl (C=O) groups excluding carboxylic acids is 2. The Morgan fingerprint density at radius 1 is 1.23 bits per heavy atom. The minimum Gasteiger partial charge on any atom is -0.459 e. The number of hydrogen-bond acceptors (Lipinski definition) is 6. The van der Waals surface area contributed by atoms with Gasteiger partial charge in [-0.1, -0.05) is 27.2 Å². The molecule has 1 fully saturated rings. The van der Waals surface area contributed by atoms with Crippen LogP contribution in [0.25, 0.3) is 0 Å². The van der Waals surface area contributed by atoms with E-state index < -0.39 is 54.2 Å². The van der Waals surface area contributed by atoms with Crippen molar-refractivity contribution in [3.8, 4) is 0 Å². The molecule has 2 rings (SSSR count). The van der Waals surface area contributed by atoms with Gasteiger partial charge in [0.05, 0.1) is 18.2 Å². The number of nitrogens with one attached hydrogen (secondary N) is 1. The molecule has 4 atom stereocenters. The summed E-state index contributed by atoms with van der Waals surface area (Å²) in [4.78, 5) is 51.2. The molecule has 1 amide bonds. The van der Waals surface area contributed by atoms with Crippen LogP contribution in [0.2, 0.25) is 0 Å². The SMILES string of the molecule is CCC(C)C(C)C1CC[C@H](n2cc(CN(CC(=O)OC(C)(C)C)C(=O)C(F)(F)F)c(=O)[nH]c2=O)O1. The van der Waals surface area contributed by atoms with Crippen molar-refractivity contribution in [1.29, 1.82) is 0 Å². The first-order valence-electron chi connectivity index (χ1n) is 11.6. The lowest BCUT2D eigenvalue weighted by Crippen LogP contribution is -2.46. The predicted molar refractivity (Wildman–Crippen MR) is 120 cm³/mol. The third kappa shape index (κ3) is 7.68. The average Bonchev–Trinajstić information content (AvgIpc) is 3.21. The lowest BCUT2D eigenvalue weighted by molar-refractivity contribution is -0.188. The molecule has 2 heterocycles. The van der Waals surface area contributed by atoms with E-state index in [-0.39, 0.29) is 22.5 Å². The van der Waals surface area contributed by atoms with Crippen LogP contribution in [0.4, 0.5) is 13.2 Å². The van der Waals surface area contributed by atoms with Gasteiger partial charge in [-0.25, -0.2) is 4.79 Å². The van der Waals surface area contributed by atoms with Crippen LogP contribution in [0.15, 0.2) is 15.8 Å². The Hall–Kier alpha value is -2.63. The second-order valence-corrected chi connectivity index (χ2v) is 10.0. The van der Waals surface area contributed by atoms with E-state index in [1.54, 1.807) is 0 Å². The number of esters is 1. The molecule has 1 aromatic heterocycles. The zero-order chi connectivity index (χ0) is 26.7. The smallest absolute Gasteiger partial charge is 0.459 e. The number of carbonyl (C=O) groups is 2. The molecular formula is C23H34F3N3O6. The Morgan fingerprint density at radius 2 is 1.86 bits per heavy atom. The Balaban J connectivity index is 2.32. The van der Waals surface area contributed by atoms with Gasteiger partial charge in [0, 0.05) is 6.20 Å². The van der Waals surface area contributed by atoms with E-state index in [1.807, 2.05) is 0 Å². The molecular weight excluding hydrogens is 471 g/mol. The van der Waals surface area contributed by atoms with Gasteiger partial charge in [-0.3, -0.25) is 23.9 Å². The molecule has 1 aliphatic heterocycles. The summed E-state index contributed by atoms with van der Waals surface area (Å²) in [5.74, 6) is -2.77. The number of H-pyrrole nitrogens is 1. The summed E-state index contributed by atoms with van der Waals surface area (Å²) in [6, 6.07) is 0. The van der Waals surface area contributed by atoms with Crippen LogP contribution in [-0.2, 0) is 25.6 Å². The molecule has 1 aliphatic rings. The Kier molecular flexibility index (Phi) is 8.96. The van der Waals surface area contributed by atoms with E-state index in [1.165, 1.54) is 20.8 Å². The number of amides is 1. The normalized spacial score (nSPS) is 20.4. The van der Waals surface area contributed by atoms with Gasteiger partial charge < -0.3 is 14.4 Å². The number of hydrogen-bond donors (Lipinski definition) is 1. The zero-order valence-corrected chi connectivity index (χ0v) is 20.9. The fourth-order valence-electron chi connectivity index (χ4n) is 3.94. The highest BCUT2D eigenvalue weighted by Crippen LogP contribution is 2.34. The number of nitrogens with zero attached hydrogens (tertiary/aromatic N) is 2. The molecule has 0 saturated carbocycles. The van der Waals surface area contributed by atoms with Crippen LogP contribution < -0.4 is 11.2 Å². The maximum Gasteiger partial charge on any atom is 0.471 e. The van der Waals surface area contributed by atoms with Gasteiger partial charge in [-0.15, -0.1) is 0 Å². The monoisotopic (exact) mass is 505 g/mol. The van der Waals surface area contributed by atoms with Crippen molar-refractivity contribution in [3.05, 3.63) is 32.6 Å². The van der Waals surface area contributed by atoms with Gasteiger partial charge in [0.15, 0.2) is 0 Å². The molecule has 1 saturated heterocycles. The van der Waals surface area contributed by atoms with Crippen LogP contribution in [-0.4, -0.2) is 50.8 Å². The molecule has 12 heteroatoms. The summed E-state index contributed by atoms with van der Waals surface area (Å²) >= 11 is 0. The minimum atomic E-state index is -5.28. The van der Waals surface area contributed by atoms with Gasteiger partial charge in [-0.05, 0) is 45.4 Å². The van der Waals surface area contributed by atoms with E-state index in [2.05, 4.69) is 25.8 Å². The van der Waals surface area contributed by atoms with E-state index >= 15 is 0 Å². The second kappa shape index (κ2) is 11.0. The quantitative estimate of drug-likeness (QED) is 0.544. The Labute approximate surface area is 201 Å². The molecule has 3 unspecified atom stereocenters. The van der Waals surface area contributed by atoms with Crippen molar-refractivity contribution in [1.82, 2.24) is 14.5 Å². The lowest BCUT2D eigenvalue weighted by Gasteiger charge is -2.26. The second-order valence-electron chi connectivity index (χ2n) is 10.0. The molecule has 0 aliphatic carbocycles. The maximum atomic E-state index is 13.2. The number of ether oxygens (including phenoxy) is 2. The highest BCUT2D eigenvalue weighted by molar-refractivity contribution is 5.85. The van der Waals surface area contributed by atoms with Crippen molar-refractivity contribution in [2.24, 2.45) is 11.8 Å². The van der Waals surface area contributed by atoms with Crippen molar-refractivity contribution < 1.29 is 32.2 Å². The van der Waals surface area contributed by atoms with E-state index in [9.17, 15) is 32.3 Å². The molecule has 0 bridgehead atoms. The average molecular weight is 506 g/mol. The number of aromatic amines is 1. The van der Waals surface area contributed by atoms with Crippen molar-refractivity contribution in [3.63, 3.8) is 0 Å². The number of aromatic nitrogens is 2. The third-order valence-corrected chi connectivity index (χ3v) is 6.14. The molecule has 0 aromatic carbocycles. The first kappa shape index (κ1) is 28.6. The fraction of sp³-hybridized carbons (Fsp3) is 0.739. The summed E-state index contributed by atoms with van der Waals surface area (Å²) in [5.41, 5.74) is -3.02. The Morgan fingerprint density at radius 3 is 2.40 bits per heavy atom.